The molecule has 6 nitrogen and oxygen atoms in total. The van der Waals surface area contributed by atoms with E-state index in [2.05, 4.69) is 15.0 Å². The summed E-state index contributed by atoms with van der Waals surface area (Å²) < 4.78 is 6.86. The van der Waals surface area contributed by atoms with Gasteiger partial charge >= 0.3 is 0 Å². The Morgan fingerprint density at radius 2 is 2.36 bits per heavy atom. The molecule has 0 aromatic carbocycles. The molecular weight excluding hydrogens is 182 g/mol. The molecule has 2 rings (SSSR count). The highest BCUT2D eigenvalue weighted by Crippen LogP contribution is 2.09. The molecule has 0 aliphatic carbocycles. The van der Waals surface area contributed by atoms with E-state index in [9.17, 15) is 0 Å². The van der Waals surface area contributed by atoms with Crippen molar-refractivity contribution >= 4 is 17.1 Å². The number of hydrogen-bond acceptors (Lipinski definition) is 5. The van der Waals surface area contributed by atoms with Gasteiger partial charge in [-0.05, 0) is 0 Å². The summed E-state index contributed by atoms with van der Waals surface area (Å²) in [4.78, 5) is 12.1. The van der Waals surface area contributed by atoms with Gasteiger partial charge in [-0.1, -0.05) is 0 Å². The van der Waals surface area contributed by atoms with Crippen LogP contribution >= 0.6 is 0 Å². The lowest BCUT2D eigenvalue weighted by molar-refractivity contribution is 0.188. The van der Waals surface area contributed by atoms with Crippen molar-refractivity contribution in [2.45, 2.75) is 6.54 Å². The molecule has 0 unspecified atom stereocenters. The Labute approximate surface area is 80.7 Å². The van der Waals surface area contributed by atoms with Crippen molar-refractivity contribution in [3.8, 4) is 0 Å². The lowest BCUT2D eigenvalue weighted by Crippen LogP contribution is -2.04. The number of anilines is 1. The summed E-state index contributed by atoms with van der Waals surface area (Å²) in [5.74, 6) is 0.261. The number of fused-ring (bicyclic) bond motifs is 1. The number of hydrogen-bond donors (Lipinski definition) is 1. The zero-order valence-corrected chi connectivity index (χ0v) is 7.84. The highest BCUT2D eigenvalue weighted by Gasteiger charge is 2.04. The lowest BCUT2D eigenvalue weighted by atomic mass is 10.5. The molecule has 2 heterocycles. The fourth-order valence-electron chi connectivity index (χ4n) is 1.22. The minimum absolute atomic E-state index is 0.261. The Bertz CT molecular complexity index is 438. The number of imidazole rings is 1. The van der Waals surface area contributed by atoms with Gasteiger partial charge in [0.15, 0.2) is 5.65 Å². The first-order chi connectivity index (χ1) is 6.81. The van der Waals surface area contributed by atoms with Gasteiger partial charge in [0.1, 0.15) is 5.52 Å². The molecule has 74 valence electrons. The maximum absolute atomic E-state index is 5.49. The Hall–Kier alpha value is -1.69. The zero-order chi connectivity index (χ0) is 9.97. The van der Waals surface area contributed by atoms with E-state index in [1.54, 1.807) is 19.6 Å². The summed E-state index contributed by atoms with van der Waals surface area (Å²) >= 11 is 0. The fourth-order valence-corrected chi connectivity index (χ4v) is 1.22. The summed E-state index contributed by atoms with van der Waals surface area (Å²) in [5.41, 5.74) is 6.98. The molecule has 6 heteroatoms. The summed E-state index contributed by atoms with van der Waals surface area (Å²) in [7, 11) is 1.66. The summed E-state index contributed by atoms with van der Waals surface area (Å²) in [6.45, 7) is 1.33. The minimum Gasteiger partial charge on any atom is -0.383 e. The molecule has 0 bridgehead atoms. The molecule has 0 atom stereocenters. The standard InChI is InChI=1S/C8H11N5O/c1-14-3-2-13-5-11-6-4-10-8(9)12-7(6)13/h4-5H,2-3H2,1H3,(H2,9,10,12). The van der Waals surface area contributed by atoms with E-state index in [0.717, 1.165) is 11.2 Å². The Kier molecular flexibility index (Phi) is 2.28. The normalized spacial score (nSPS) is 10.9. The number of methoxy groups -OCH3 is 1. The smallest absolute Gasteiger partial charge is 0.222 e. The van der Waals surface area contributed by atoms with Crippen molar-refractivity contribution in [2.75, 3.05) is 19.5 Å². The largest absolute Gasteiger partial charge is 0.383 e. The first-order valence-electron chi connectivity index (χ1n) is 4.23. The van der Waals surface area contributed by atoms with Gasteiger partial charge in [0.2, 0.25) is 5.95 Å². The third kappa shape index (κ3) is 1.51. The fraction of sp³-hybridized carbons (Fsp3) is 0.375. The molecule has 0 fully saturated rings. The number of nitrogen functional groups attached to an aromatic ring is 1. The van der Waals surface area contributed by atoms with Gasteiger partial charge in [0, 0.05) is 13.7 Å². The Morgan fingerprint density at radius 3 is 3.14 bits per heavy atom. The Balaban J connectivity index is 2.40. The van der Waals surface area contributed by atoms with Gasteiger partial charge in [-0.2, -0.15) is 4.98 Å². The van der Waals surface area contributed by atoms with Crippen LogP contribution in [0.15, 0.2) is 12.5 Å². The second-order valence-electron chi connectivity index (χ2n) is 2.87. The van der Waals surface area contributed by atoms with Crippen LogP contribution in [0.25, 0.3) is 11.2 Å². The third-order valence-electron chi connectivity index (χ3n) is 1.91. The van der Waals surface area contributed by atoms with E-state index in [1.165, 1.54) is 0 Å². The average molecular weight is 193 g/mol. The molecule has 0 radical (unpaired) electrons. The van der Waals surface area contributed by atoms with Crippen molar-refractivity contribution in [2.24, 2.45) is 0 Å². The van der Waals surface area contributed by atoms with Crippen molar-refractivity contribution in [1.29, 1.82) is 0 Å². The molecule has 0 aliphatic rings. The van der Waals surface area contributed by atoms with Crippen LogP contribution in [0.5, 0.6) is 0 Å². The quantitative estimate of drug-likeness (QED) is 0.745. The Morgan fingerprint density at radius 1 is 1.50 bits per heavy atom. The molecule has 2 aromatic rings. The van der Waals surface area contributed by atoms with Crippen LogP contribution in [0, 0.1) is 0 Å². The number of aromatic nitrogens is 4. The maximum atomic E-state index is 5.49. The number of rotatable bonds is 3. The molecule has 0 saturated heterocycles. The van der Waals surface area contributed by atoms with E-state index in [0.29, 0.717) is 13.2 Å². The van der Waals surface area contributed by atoms with E-state index in [-0.39, 0.29) is 5.95 Å². The van der Waals surface area contributed by atoms with Gasteiger partial charge < -0.3 is 15.0 Å². The molecular formula is C8H11N5O. The summed E-state index contributed by atoms with van der Waals surface area (Å²) in [6, 6.07) is 0. The maximum Gasteiger partial charge on any atom is 0.222 e. The monoisotopic (exact) mass is 193 g/mol. The first-order valence-corrected chi connectivity index (χ1v) is 4.23. The van der Waals surface area contributed by atoms with Crippen LogP contribution in [0.4, 0.5) is 5.95 Å². The van der Waals surface area contributed by atoms with Gasteiger partial charge in [-0.15, -0.1) is 0 Å². The van der Waals surface area contributed by atoms with E-state index in [1.807, 2.05) is 4.57 Å². The molecule has 0 spiro atoms. The van der Waals surface area contributed by atoms with Crippen molar-refractivity contribution in [3.63, 3.8) is 0 Å². The van der Waals surface area contributed by atoms with Gasteiger partial charge in [-0.25, -0.2) is 9.97 Å². The second kappa shape index (κ2) is 3.59. The second-order valence-corrected chi connectivity index (χ2v) is 2.87. The van der Waals surface area contributed by atoms with Crippen LogP contribution in [0.3, 0.4) is 0 Å². The number of nitrogens with two attached hydrogens (primary N) is 1. The topological polar surface area (TPSA) is 78.8 Å². The average Bonchev–Trinajstić information content (AvgIpc) is 2.57. The molecule has 0 amide bonds. The highest BCUT2D eigenvalue weighted by molar-refractivity contribution is 5.70. The van der Waals surface area contributed by atoms with E-state index < -0.39 is 0 Å². The van der Waals surface area contributed by atoms with E-state index in [4.69, 9.17) is 10.5 Å². The predicted molar refractivity (Wildman–Crippen MR) is 51.6 cm³/mol. The highest BCUT2D eigenvalue weighted by atomic mass is 16.5. The first kappa shape index (κ1) is 8.89. The molecule has 2 N–H and O–H groups in total. The van der Waals surface area contributed by atoms with Crippen molar-refractivity contribution in [1.82, 2.24) is 19.5 Å². The van der Waals surface area contributed by atoms with Crippen molar-refractivity contribution < 1.29 is 4.74 Å². The van der Waals surface area contributed by atoms with Gasteiger partial charge in [0.05, 0.1) is 19.1 Å². The van der Waals surface area contributed by atoms with Crippen LogP contribution in [-0.4, -0.2) is 33.2 Å². The summed E-state index contributed by atoms with van der Waals surface area (Å²) in [6.07, 6.45) is 3.32. The van der Waals surface area contributed by atoms with Crippen LogP contribution in [-0.2, 0) is 11.3 Å². The van der Waals surface area contributed by atoms with Gasteiger partial charge in [0.25, 0.3) is 0 Å². The number of ether oxygens (including phenoxy) is 1. The van der Waals surface area contributed by atoms with Gasteiger partial charge in [-0.3, -0.25) is 0 Å². The lowest BCUT2D eigenvalue weighted by Gasteiger charge is -2.01. The molecule has 14 heavy (non-hydrogen) atoms. The SMILES string of the molecule is COCCn1cnc2cnc(N)nc21. The number of nitrogens with zero attached hydrogens (tertiary/aromatic N) is 4. The van der Waals surface area contributed by atoms with Crippen LogP contribution in [0.2, 0.25) is 0 Å². The zero-order valence-electron chi connectivity index (χ0n) is 7.84. The summed E-state index contributed by atoms with van der Waals surface area (Å²) in [5, 5.41) is 0. The van der Waals surface area contributed by atoms with Crippen LogP contribution < -0.4 is 5.73 Å². The molecule has 2 aromatic heterocycles. The van der Waals surface area contributed by atoms with Crippen molar-refractivity contribution in [3.05, 3.63) is 12.5 Å². The molecule has 0 aliphatic heterocycles. The third-order valence-corrected chi connectivity index (χ3v) is 1.91. The minimum atomic E-state index is 0.261. The predicted octanol–water partition coefficient (Wildman–Crippen LogP) is 0.0549. The van der Waals surface area contributed by atoms with E-state index >= 15 is 0 Å². The van der Waals surface area contributed by atoms with Crippen LogP contribution in [0.1, 0.15) is 0 Å². The molecule has 0 saturated carbocycles.